The van der Waals surface area contributed by atoms with Gasteiger partial charge in [-0.3, -0.25) is 4.79 Å². The first-order valence-electron chi connectivity index (χ1n) is 7.80. The molecular formula is C17H31NO5. The van der Waals surface area contributed by atoms with Crippen molar-refractivity contribution in [2.75, 3.05) is 25.6 Å². The molecule has 6 nitrogen and oxygen atoms in total. The molecule has 0 aliphatic heterocycles. The maximum atomic E-state index is 9.37. The van der Waals surface area contributed by atoms with Gasteiger partial charge in [0.1, 0.15) is 0 Å². The molecule has 0 spiro atoms. The van der Waals surface area contributed by atoms with E-state index < -0.39 is 12.4 Å². The van der Waals surface area contributed by atoms with E-state index in [0.29, 0.717) is 19.8 Å². The second kappa shape index (κ2) is 16.7. The molecule has 6 heteroatoms. The van der Waals surface area contributed by atoms with Gasteiger partial charge in [0.25, 0.3) is 6.48 Å². The van der Waals surface area contributed by atoms with Crippen LogP contribution in [-0.4, -0.2) is 37.4 Å². The van der Waals surface area contributed by atoms with Crippen molar-refractivity contribution in [3.05, 3.63) is 29.8 Å². The van der Waals surface area contributed by atoms with Gasteiger partial charge in [-0.05, 0) is 39.3 Å². The molecule has 0 radical (unpaired) electrons. The topological polar surface area (TPSA) is 91.0 Å². The Balaban J connectivity index is 0. The SMILES string of the molecule is CCC(=O)O.CCOC(OCC)OCC.Cc1ccccc1N. The number of carboxylic acid groups (broad SMARTS) is 1. The van der Waals surface area contributed by atoms with Crippen LogP contribution >= 0.6 is 0 Å². The Kier molecular flexibility index (Phi) is 17.2. The molecule has 1 aromatic rings. The van der Waals surface area contributed by atoms with Crippen molar-refractivity contribution in [1.82, 2.24) is 0 Å². The number of nitrogen functional groups attached to an aromatic ring is 1. The lowest BCUT2D eigenvalue weighted by Gasteiger charge is -2.15. The number of carboxylic acids is 1. The predicted molar refractivity (Wildman–Crippen MR) is 92.2 cm³/mol. The fourth-order valence-electron chi connectivity index (χ4n) is 1.14. The summed E-state index contributed by atoms with van der Waals surface area (Å²) in [7, 11) is 0. The zero-order valence-corrected chi connectivity index (χ0v) is 14.9. The van der Waals surface area contributed by atoms with E-state index in [1.54, 1.807) is 6.92 Å². The molecule has 0 aromatic heterocycles. The molecule has 0 unspecified atom stereocenters. The van der Waals surface area contributed by atoms with E-state index in [2.05, 4.69) is 0 Å². The van der Waals surface area contributed by atoms with Crippen LogP contribution in [0.4, 0.5) is 5.69 Å². The zero-order chi connectivity index (χ0) is 18.1. The lowest BCUT2D eigenvalue weighted by Crippen LogP contribution is -2.20. The number of para-hydroxylation sites is 1. The van der Waals surface area contributed by atoms with Crippen molar-refractivity contribution < 1.29 is 24.1 Å². The molecule has 0 saturated carbocycles. The summed E-state index contributed by atoms with van der Waals surface area (Å²) in [5, 5.41) is 7.72. The molecule has 1 rings (SSSR count). The second-order valence-electron chi connectivity index (χ2n) is 4.26. The van der Waals surface area contributed by atoms with Gasteiger partial charge in [0.2, 0.25) is 0 Å². The summed E-state index contributed by atoms with van der Waals surface area (Å²) in [5.41, 5.74) is 7.53. The highest BCUT2D eigenvalue weighted by molar-refractivity contribution is 5.66. The first-order chi connectivity index (χ1) is 10.9. The van der Waals surface area contributed by atoms with Crippen LogP contribution < -0.4 is 5.73 Å². The highest BCUT2D eigenvalue weighted by Gasteiger charge is 2.04. The Labute approximate surface area is 139 Å². The van der Waals surface area contributed by atoms with Gasteiger partial charge in [-0.2, -0.15) is 0 Å². The Morgan fingerprint density at radius 2 is 1.43 bits per heavy atom. The minimum Gasteiger partial charge on any atom is -0.481 e. The number of anilines is 1. The lowest BCUT2D eigenvalue weighted by molar-refractivity contribution is -0.282. The van der Waals surface area contributed by atoms with Crippen molar-refractivity contribution in [3.63, 3.8) is 0 Å². The van der Waals surface area contributed by atoms with Crippen LogP contribution in [0.1, 0.15) is 39.7 Å². The number of ether oxygens (including phenoxy) is 3. The second-order valence-corrected chi connectivity index (χ2v) is 4.26. The van der Waals surface area contributed by atoms with Gasteiger partial charge in [-0.25, -0.2) is 0 Å². The number of rotatable bonds is 7. The lowest BCUT2D eigenvalue weighted by atomic mass is 10.2. The fourth-order valence-corrected chi connectivity index (χ4v) is 1.14. The Hall–Kier alpha value is -1.63. The van der Waals surface area contributed by atoms with Gasteiger partial charge < -0.3 is 25.1 Å². The molecule has 0 aliphatic carbocycles. The van der Waals surface area contributed by atoms with Gasteiger partial charge in [0.15, 0.2) is 0 Å². The summed E-state index contributed by atoms with van der Waals surface area (Å²) in [6, 6.07) is 7.80. The van der Waals surface area contributed by atoms with E-state index >= 15 is 0 Å². The number of hydrogen-bond acceptors (Lipinski definition) is 5. The number of aliphatic carboxylic acids is 1. The molecule has 0 bridgehead atoms. The van der Waals surface area contributed by atoms with Gasteiger partial charge in [-0.15, -0.1) is 0 Å². The molecule has 1 aromatic carbocycles. The van der Waals surface area contributed by atoms with Crippen molar-refractivity contribution in [1.29, 1.82) is 0 Å². The standard InChI is InChI=1S/C7H9N.C7H16O3.C3H6O2/c1-6-4-2-3-5-7(6)8;1-4-8-7(9-5-2)10-6-3;1-2-3(4)5/h2-5H,8H2,1H3;7H,4-6H2,1-3H3;2H2,1H3,(H,4,5). The first kappa shape index (κ1) is 23.6. The van der Waals surface area contributed by atoms with E-state index in [-0.39, 0.29) is 6.42 Å². The Morgan fingerprint density at radius 3 is 1.65 bits per heavy atom. The van der Waals surface area contributed by atoms with Crippen molar-refractivity contribution in [2.24, 2.45) is 0 Å². The predicted octanol–water partition coefficient (Wildman–Crippen LogP) is 3.44. The molecule has 0 amide bonds. The summed E-state index contributed by atoms with van der Waals surface area (Å²) >= 11 is 0. The van der Waals surface area contributed by atoms with Crippen molar-refractivity contribution >= 4 is 11.7 Å². The van der Waals surface area contributed by atoms with Crippen molar-refractivity contribution in [3.8, 4) is 0 Å². The molecule has 0 saturated heterocycles. The number of benzene rings is 1. The van der Waals surface area contributed by atoms with Crippen molar-refractivity contribution in [2.45, 2.75) is 47.5 Å². The number of nitrogens with two attached hydrogens (primary N) is 1. The maximum absolute atomic E-state index is 9.37. The summed E-state index contributed by atoms with van der Waals surface area (Å²) in [6.45, 7) is 10.7. The van der Waals surface area contributed by atoms with Crippen LogP contribution in [0.2, 0.25) is 0 Å². The number of carbonyl (C=O) groups is 1. The van der Waals surface area contributed by atoms with E-state index in [4.69, 9.17) is 25.1 Å². The normalized spacial score (nSPS) is 9.48. The summed E-state index contributed by atoms with van der Waals surface area (Å²) in [5.74, 6) is -0.745. The van der Waals surface area contributed by atoms with E-state index in [0.717, 1.165) is 11.3 Å². The van der Waals surface area contributed by atoms with Crippen LogP contribution in [0.15, 0.2) is 24.3 Å². The van der Waals surface area contributed by atoms with E-state index in [9.17, 15) is 4.79 Å². The minimum absolute atomic E-state index is 0.222. The van der Waals surface area contributed by atoms with E-state index in [1.165, 1.54) is 0 Å². The minimum atomic E-state index is -0.745. The summed E-state index contributed by atoms with van der Waals surface area (Å²) in [4.78, 5) is 9.37. The van der Waals surface area contributed by atoms with Crippen LogP contribution in [-0.2, 0) is 19.0 Å². The molecule has 3 N–H and O–H groups in total. The van der Waals surface area contributed by atoms with Crippen LogP contribution in [0.25, 0.3) is 0 Å². The summed E-state index contributed by atoms with van der Waals surface area (Å²) < 4.78 is 15.2. The third-order valence-corrected chi connectivity index (χ3v) is 2.40. The smallest absolute Gasteiger partial charge is 0.303 e. The van der Waals surface area contributed by atoms with Crippen LogP contribution in [0.5, 0.6) is 0 Å². The largest absolute Gasteiger partial charge is 0.481 e. The van der Waals surface area contributed by atoms with Crippen LogP contribution in [0, 0.1) is 6.92 Å². The summed E-state index contributed by atoms with van der Waals surface area (Å²) in [6.07, 6.45) is 0.222. The first-order valence-corrected chi connectivity index (χ1v) is 7.80. The van der Waals surface area contributed by atoms with Gasteiger partial charge in [0.05, 0.1) is 0 Å². The zero-order valence-electron chi connectivity index (χ0n) is 14.9. The van der Waals surface area contributed by atoms with Crippen LogP contribution in [0.3, 0.4) is 0 Å². The van der Waals surface area contributed by atoms with Gasteiger partial charge in [0, 0.05) is 31.9 Å². The fraction of sp³-hybridized carbons (Fsp3) is 0.588. The molecule has 134 valence electrons. The highest BCUT2D eigenvalue weighted by atomic mass is 16.8. The monoisotopic (exact) mass is 329 g/mol. The maximum Gasteiger partial charge on any atom is 0.303 e. The number of hydrogen-bond donors (Lipinski definition) is 2. The average molecular weight is 329 g/mol. The average Bonchev–Trinajstić information content (AvgIpc) is 2.52. The third kappa shape index (κ3) is 16.6. The highest BCUT2D eigenvalue weighted by Crippen LogP contribution is 2.06. The molecule has 23 heavy (non-hydrogen) atoms. The Morgan fingerprint density at radius 1 is 1.04 bits per heavy atom. The molecule has 0 fully saturated rings. The molecule has 0 aliphatic rings. The Bertz CT molecular complexity index is 363. The van der Waals surface area contributed by atoms with E-state index in [1.807, 2.05) is 52.0 Å². The quantitative estimate of drug-likeness (QED) is 0.588. The molecule has 0 heterocycles. The third-order valence-electron chi connectivity index (χ3n) is 2.40. The molecule has 0 atom stereocenters. The van der Waals surface area contributed by atoms with Gasteiger partial charge >= 0.3 is 5.97 Å². The van der Waals surface area contributed by atoms with Gasteiger partial charge in [-0.1, -0.05) is 25.1 Å². The number of aryl methyl sites for hydroxylation is 1. The molecular weight excluding hydrogens is 298 g/mol.